The number of hydrogen-bond donors (Lipinski definition) is 1. The fraction of sp³-hybridized carbons (Fsp3) is 0.385. The number of hydrogen-bond acceptors (Lipinski definition) is 5. The SMILES string of the molecule is Fc1cccc(Cc2nc(C3CNCCO3)no2)c1F. The molecule has 0 bridgehead atoms. The third kappa shape index (κ3) is 2.68. The van der Waals surface area contributed by atoms with Gasteiger partial charge in [-0.25, -0.2) is 8.78 Å². The molecular formula is C13H13F2N3O2. The van der Waals surface area contributed by atoms with Crippen molar-refractivity contribution in [1.82, 2.24) is 15.5 Å². The van der Waals surface area contributed by atoms with E-state index >= 15 is 0 Å². The summed E-state index contributed by atoms with van der Waals surface area (Å²) in [5, 5.41) is 6.97. The number of rotatable bonds is 3. The van der Waals surface area contributed by atoms with Crippen LogP contribution in [0.3, 0.4) is 0 Å². The Hall–Kier alpha value is -1.86. The highest BCUT2D eigenvalue weighted by Crippen LogP contribution is 2.18. The third-order valence-electron chi connectivity index (χ3n) is 3.07. The third-order valence-corrected chi connectivity index (χ3v) is 3.07. The summed E-state index contributed by atoms with van der Waals surface area (Å²) in [4.78, 5) is 4.17. The highest BCUT2D eigenvalue weighted by atomic mass is 19.2. The predicted molar refractivity (Wildman–Crippen MR) is 65.0 cm³/mol. The van der Waals surface area contributed by atoms with Crippen molar-refractivity contribution in [1.29, 1.82) is 0 Å². The first kappa shape index (κ1) is 13.1. The maximum atomic E-state index is 13.5. The van der Waals surface area contributed by atoms with E-state index in [0.717, 1.165) is 12.6 Å². The number of halogens is 2. The molecule has 7 heteroatoms. The maximum Gasteiger partial charge on any atom is 0.231 e. The second-order valence-electron chi connectivity index (χ2n) is 4.50. The monoisotopic (exact) mass is 281 g/mol. The van der Waals surface area contributed by atoms with E-state index in [1.54, 1.807) is 0 Å². The minimum atomic E-state index is -0.887. The molecule has 1 fully saturated rings. The summed E-state index contributed by atoms with van der Waals surface area (Å²) in [6.07, 6.45) is -0.213. The number of morpholine rings is 1. The average Bonchev–Trinajstić information content (AvgIpc) is 2.93. The molecule has 1 aliphatic rings. The molecule has 5 nitrogen and oxygen atoms in total. The fourth-order valence-corrected chi connectivity index (χ4v) is 2.05. The quantitative estimate of drug-likeness (QED) is 0.926. The first-order valence-corrected chi connectivity index (χ1v) is 6.32. The fourth-order valence-electron chi connectivity index (χ4n) is 2.05. The average molecular weight is 281 g/mol. The maximum absolute atomic E-state index is 13.5. The van der Waals surface area contributed by atoms with Crippen molar-refractivity contribution >= 4 is 0 Å². The number of nitrogens with one attached hydrogen (secondary N) is 1. The van der Waals surface area contributed by atoms with Crippen molar-refractivity contribution in [3.8, 4) is 0 Å². The summed E-state index contributed by atoms with van der Waals surface area (Å²) in [6.45, 7) is 1.97. The Morgan fingerprint density at radius 3 is 3.05 bits per heavy atom. The minimum absolute atomic E-state index is 0.0523. The van der Waals surface area contributed by atoms with Crippen LogP contribution in [-0.2, 0) is 11.2 Å². The zero-order valence-electron chi connectivity index (χ0n) is 10.6. The van der Waals surface area contributed by atoms with Gasteiger partial charge in [-0.3, -0.25) is 0 Å². The van der Waals surface area contributed by atoms with Gasteiger partial charge in [0.2, 0.25) is 11.7 Å². The number of nitrogens with zero attached hydrogens (tertiary/aromatic N) is 2. The highest BCUT2D eigenvalue weighted by Gasteiger charge is 2.22. The Balaban J connectivity index is 1.75. The van der Waals surface area contributed by atoms with E-state index in [9.17, 15) is 8.78 Å². The molecule has 1 atom stereocenters. The van der Waals surface area contributed by atoms with Crippen molar-refractivity contribution in [2.75, 3.05) is 19.7 Å². The lowest BCUT2D eigenvalue weighted by molar-refractivity contribution is 0.0208. The van der Waals surface area contributed by atoms with Crippen LogP contribution in [0.4, 0.5) is 8.78 Å². The molecule has 1 aromatic carbocycles. The van der Waals surface area contributed by atoms with Crippen LogP contribution in [0.15, 0.2) is 22.7 Å². The number of aromatic nitrogens is 2. The van der Waals surface area contributed by atoms with E-state index in [1.807, 2.05) is 0 Å². The van der Waals surface area contributed by atoms with Crippen LogP contribution >= 0.6 is 0 Å². The van der Waals surface area contributed by atoms with Crippen LogP contribution in [0, 0.1) is 11.6 Å². The van der Waals surface area contributed by atoms with E-state index in [4.69, 9.17) is 9.26 Å². The summed E-state index contributed by atoms with van der Waals surface area (Å²) in [5.74, 6) is -1.12. The Kier molecular flexibility index (Phi) is 3.70. The van der Waals surface area contributed by atoms with Gasteiger partial charge in [0.1, 0.15) is 6.10 Å². The summed E-state index contributed by atoms with van der Waals surface area (Å²) in [5.41, 5.74) is 0.183. The lowest BCUT2D eigenvalue weighted by Gasteiger charge is -2.20. The molecule has 1 saturated heterocycles. The van der Waals surface area contributed by atoms with Crippen molar-refractivity contribution in [2.45, 2.75) is 12.5 Å². The molecular weight excluding hydrogens is 268 g/mol. The van der Waals surface area contributed by atoms with E-state index in [-0.39, 0.29) is 24.0 Å². The van der Waals surface area contributed by atoms with Crippen molar-refractivity contribution in [2.24, 2.45) is 0 Å². The van der Waals surface area contributed by atoms with Crippen molar-refractivity contribution < 1.29 is 18.0 Å². The lowest BCUT2D eigenvalue weighted by Crippen LogP contribution is -2.33. The molecule has 1 aliphatic heterocycles. The summed E-state index contributed by atoms with van der Waals surface area (Å²) >= 11 is 0. The molecule has 1 aromatic heterocycles. The van der Waals surface area contributed by atoms with Crippen molar-refractivity contribution in [3.05, 3.63) is 47.1 Å². The second kappa shape index (κ2) is 5.64. The Labute approximate surface area is 113 Å². The molecule has 2 heterocycles. The van der Waals surface area contributed by atoms with Crippen LogP contribution in [0.1, 0.15) is 23.4 Å². The Bertz CT molecular complexity index is 597. The first-order chi connectivity index (χ1) is 9.74. The lowest BCUT2D eigenvalue weighted by atomic mass is 10.1. The Morgan fingerprint density at radius 1 is 1.35 bits per heavy atom. The van der Waals surface area contributed by atoms with Crippen LogP contribution < -0.4 is 5.32 Å². The molecule has 106 valence electrons. The van der Waals surface area contributed by atoms with Gasteiger partial charge in [-0.2, -0.15) is 4.98 Å². The molecule has 0 aliphatic carbocycles. The number of benzene rings is 1. The van der Waals surface area contributed by atoms with Gasteiger partial charge < -0.3 is 14.6 Å². The van der Waals surface area contributed by atoms with E-state index in [2.05, 4.69) is 15.5 Å². The molecule has 0 saturated carbocycles. The molecule has 2 aromatic rings. The van der Waals surface area contributed by atoms with E-state index in [1.165, 1.54) is 12.1 Å². The largest absolute Gasteiger partial charge is 0.367 e. The second-order valence-corrected chi connectivity index (χ2v) is 4.50. The Morgan fingerprint density at radius 2 is 2.25 bits per heavy atom. The standard InChI is InChI=1S/C13H13F2N3O2/c14-9-3-1-2-8(12(9)15)6-11-17-13(18-20-11)10-7-16-4-5-19-10/h1-3,10,16H,4-7H2. The van der Waals surface area contributed by atoms with Gasteiger partial charge in [0, 0.05) is 18.7 Å². The molecule has 1 N–H and O–H groups in total. The van der Waals surface area contributed by atoms with Gasteiger partial charge in [0.15, 0.2) is 11.6 Å². The van der Waals surface area contributed by atoms with Crippen LogP contribution in [-0.4, -0.2) is 29.8 Å². The van der Waals surface area contributed by atoms with Crippen LogP contribution in [0.25, 0.3) is 0 Å². The van der Waals surface area contributed by atoms with Crippen LogP contribution in [0.2, 0.25) is 0 Å². The molecule has 20 heavy (non-hydrogen) atoms. The number of ether oxygens (including phenoxy) is 1. The summed E-state index contributed by atoms with van der Waals surface area (Å²) in [6, 6.07) is 4.00. The van der Waals surface area contributed by atoms with E-state index < -0.39 is 11.6 Å². The summed E-state index contributed by atoms with van der Waals surface area (Å²) in [7, 11) is 0. The van der Waals surface area contributed by atoms with Crippen molar-refractivity contribution in [3.63, 3.8) is 0 Å². The smallest absolute Gasteiger partial charge is 0.231 e. The van der Waals surface area contributed by atoms with Gasteiger partial charge in [0.05, 0.1) is 13.0 Å². The molecule has 0 amide bonds. The summed E-state index contributed by atoms with van der Waals surface area (Å²) < 4.78 is 37.2. The molecule has 0 spiro atoms. The molecule has 1 unspecified atom stereocenters. The van der Waals surface area contributed by atoms with Gasteiger partial charge in [-0.15, -0.1) is 0 Å². The topological polar surface area (TPSA) is 60.2 Å². The normalized spacial score (nSPS) is 19.2. The van der Waals surface area contributed by atoms with Gasteiger partial charge in [-0.05, 0) is 6.07 Å². The zero-order chi connectivity index (χ0) is 13.9. The molecule has 0 radical (unpaired) electrons. The highest BCUT2D eigenvalue weighted by molar-refractivity contribution is 5.21. The molecule has 3 rings (SSSR count). The van der Waals surface area contributed by atoms with Gasteiger partial charge >= 0.3 is 0 Å². The van der Waals surface area contributed by atoms with Gasteiger partial charge in [0.25, 0.3) is 0 Å². The van der Waals surface area contributed by atoms with Crippen LogP contribution in [0.5, 0.6) is 0 Å². The van der Waals surface area contributed by atoms with Gasteiger partial charge in [-0.1, -0.05) is 17.3 Å². The van der Waals surface area contributed by atoms with E-state index in [0.29, 0.717) is 19.0 Å². The first-order valence-electron chi connectivity index (χ1n) is 6.32. The predicted octanol–water partition coefficient (Wildman–Crippen LogP) is 1.60. The zero-order valence-corrected chi connectivity index (χ0v) is 10.6. The minimum Gasteiger partial charge on any atom is -0.367 e.